The molecule has 3 aromatic carbocycles. The highest BCUT2D eigenvalue weighted by atomic mass is 35.5. The Bertz CT molecular complexity index is 1300. The van der Waals surface area contributed by atoms with Crippen LogP contribution in [-0.2, 0) is 20.6 Å². The number of amides is 1. The topological polar surface area (TPSA) is 75.7 Å². The van der Waals surface area contributed by atoms with E-state index in [1.807, 2.05) is 13.8 Å². The molecule has 10 heteroatoms. The van der Waals surface area contributed by atoms with Crippen LogP contribution in [0.1, 0.15) is 16.7 Å². The summed E-state index contributed by atoms with van der Waals surface area (Å²) in [5.41, 5.74) is 2.42. The molecule has 1 N–H and O–H groups in total. The van der Waals surface area contributed by atoms with Crippen molar-refractivity contribution in [2.75, 3.05) is 30.3 Å². The number of thioether (sulfide) groups is 1. The lowest BCUT2D eigenvalue weighted by atomic mass is 10.2. The van der Waals surface area contributed by atoms with Crippen molar-refractivity contribution < 1.29 is 22.3 Å². The summed E-state index contributed by atoms with van der Waals surface area (Å²) >= 11 is 7.46. The van der Waals surface area contributed by atoms with Crippen molar-refractivity contribution in [2.24, 2.45) is 0 Å². The van der Waals surface area contributed by atoms with Crippen LogP contribution in [0.5, 0.6) is 5.75 Å². The number of carbonyl (C=O) groups is 1. The van der Waals surface area contributed by atoms with E-state index in [4.69, 9.17) is 16.3 Å². The normalized spacial score (nSPS) is 11.2. The summed E-state index contributed by atoms with van der Waals surface area (Å²) in [5, 5.41) is 3.11. The number of hydrogen-bond donors (Lipinski definition) is 1. The monoisotopic (exact) mass is 550 g/mol. The second-order valence-corrected chi connectivity index (χ2v) is 11.5. The van der Waals surface area contributed by atoms with E-state index in [1.54, 1.807) is 42.5 Å². The van der Waals surface area contributed by atoms with Crippen molar-refractivity contribution in [1.82, 2.24) is 5.32 Å². The first kappa shape index (κ1) is 27.8. The van der Waals surface area contributed by atoms with Gasteiger partial charge in [-0.25, -0.2) is 12.8 Å². The third-order valence-corrected chi connectivity index (χ3v) is 8.49. The second kappa shape index (κ2) is 12.5. The molecule has 36 heavy (non-hydrogen) atoms. The van der Waals surface area contributed by atoms with Crippen LogP contribution in [0.2, 0.25) is 5.02 Å². The van der Waals surface area contributed by atoms with Crippen LogP contribution in [0.15, 0.2) is 65.6 Å². The van der Waals surface area contributed by atoms with E-state index in [0.29, 0.717) is 27.8 Å². The van der Waals surface area contributed by atoms with Crippen LogP contribution >= 0.6 is 23.4 Å². The van der Waals surface area contributed by atoms with Crippen molar-refractivity contribution in [3.8, 4) is 5.75 Å². The molecule has 0 saturated heterocycles. The molecule has 0 aromatic heterocycles. The molecule has 0 aliphatic rings. The molecule has 0 atom stereocenters. The fourth-order valence-electron chi connectivity index (χ4n) is 3.43. The summed E-state index contributed by atoms with van der Waals surface area (Å²) in [7, 11) is -2.62. The second-order valence-electron chi connectivity index (χ2n) is 8.10. The number of carbonyl (C=O) groups excluding carboxylic acids is 1. The summed E-state index contributed by atoms with van der Waals surface area (Å²) in [6, 6.07) is 16.1. The van der Waals surface area contributed by atoms with E-state index < -0.39 is 22.5 Å². The van der Waals surface area contributed by atoms with Crippen LogP contribution < -0.4 is 14.4 Å². The van der Waals surface area contributed by atoms with Gasteiger partial charge in [0.25, 0.3) is 10.0 Å². The highest BCUT2D eigenvalue weighted by molar-refractivity contribution is 7.98. The zero-order valence-corrected chi connectivity index (χ0v) is 22.6. The molecular formula is C26H28ClFN2O4S2. The Morgan fingerprint density at radius 1 is 1.08 bits per heavy atom. The van der Waals surface area contributed by atoms with Crippen molar-refractivity contribution in [2.45, 2.75) is 24.5 Å². The van der Waals surface area contributed by atoms with Gasteiger partial charge in [-0.1, -0.05) is 41.4 Å². The van der Waals surface area contributed by atoms with Crippen LogP contribution in [0.4, 0.5) is 10.1 Å². The average molecular weight is 551 g/mol. The van der Waals surface area contributed by atoms with Gasteiger partial charge in [0.05, 0.1) is 17.7 Å². The lowest BCUT2D eigenvalue weighted by Gasteiger charge is -2.26. The van der Waals surface area contributed by atoms with Gasteiger partial charge in [0.2, 0.25) is 5.91 Å². The lowest BCUT2D eigenvalue weighted by molar-refractivity contribution is -0.119. The first-order chi connectivity index (χ1) is 17.1. The van der Waals surface area contributed by atoms with Gasteiger partial charge in [0.1, 0.15) is 18.1 Å². The minimum absolute atomic E-state index is 0.0711. The number of nitrogens with zero attached hydrogens (tertiary/aromatic N) is 1. The van der Waals surface area contributed by atoms with E-state index >= 15 is 0 Å². The fourth-order valence-corrected chi connectivity index (χ4v) is 6.05. The zero-order chi connectivity index (χ0) is 26.3. The Kier molecular flexibility index (Phi) is 9.64. The van der Waals surface area contributed by atoms with E-state index in [9.17, 15) is 17.6 Å². The number of rotatable bonds is 11. The first-order valence-electron chi connectivity index (χ1n) is 11.1. The molecule has 6 nitrogen and oxygen atoms in total. The van der Waals surface area contributed by atoms with E-state index in [0.717, 1.165) is 15.4 Å². The summed E-state index contributed by atoms with van der Waals surface area (Å²) in [6.45, 7) is 3.54. The minimum Gasteiger partial charge on any atom is -0.495 e. The Labute approximate surface area is 220 Å². The van der Waals surface area contributed by atoms with E-state index in [1.165, 1.54) is 37.1 Å². The maximum Gasteiger partial charge on any atom is 0.264 e. The lowest BCUT2D eigenvalue weighted by Crippen LogP contribution is -2.41. The zero-order valence-electron chi connectivity index (χ0n) is 20.3. The van der Waals surface area contributed by atoms with Crippen molar-refractivity contribution in [1.29, 1.82) is 0 Å². The van der Waals surface area contributed by atoms with Gasteiger partial charge in [-0.2, -0.15) is 11.8 Å². The number of ether oxygens (including phenoxy) is 1. The number of halogens is 2. The molecule has 0 unspecified atom stereocenters. The predicted molar refractivity (Wildman–Crippen MR) is 144 cm³/mol. The Hall–Kier alpha value is -2.75. The number of sulfonamides is 1. The van der Waals surface area contributed by atoms with Gasteiger partial charge in [-0.3, -0.25) is 9.10 Å². The molecule has 0 saturated carbocycles. The molecule has 0 spiro atoms. The molecule has 3 aromatic rings. The van der Waals surface area contributed by atoms with Gasteiger partial charge >= 0.3 is 0 Å². The molecule has 0 radical (unpaired) electrons. The van der Waals surface area contributed by atoms with Crippen LogP contribution in [0, 0.1) is 19.7 Å². The third kappa shape index (κ3) is 6.93. The van der Waals surface area contributed by atoms with Crippen molar-refractivity contribution in [3.05, 3.63) is 88.2 Å². The van der Waals surface area contributed by atoms with Gasteiger partial charge in [0.15, 0.2) is 0 Å². The average Bonchev–Trinajstić information content (AvgIpc) is 2.84. The summed E-state index contributed by atoms with van der Waals surface area (Å²) in [6.07, 6.45) is 0. The molecule has 0 aliphatic carbocycles. The molecule has 1 amide bonds. The quantitative estimate of drug-likeness (QED) is 0.326. The summed E-state index contributed by atoms with van der Waals surface area (Å²) in [4.78, 5) is 12.9. The number of aryl methyl sites for hydroxylation is 2. The fraction of sp³-hybridized carbons (Fsp3) is 0.269. The molecule has 192 valence electrons. The van der Waals surface area contributed by atoms with Gasteiger partial charge < -0.3 is 10.1 Å². The minimum atomic E-state index is -4.07. The van der Waals surface area contributed by atoms with Gasteiger partial charge in [0, 0.05) is 28.6 Å². The largest absolute Gasteiger partial charge is 0.495 e. The Morgan fingerprint density at radius 2 is 1.78 bits per heavy atom. The predicted octanol–water partition coefficient (Wildman–Crippen LogP) is 5.35. The van der Waals surface area contributed by atoms with E-state index in [-0.39, 0.29) is 22.9 Å². The number of methoxy groups -OCH3 is 1. The maximum atomic E-state index is 13.9. The highest BCUT2D eigenvalue weighted by Crippen LogP contribution is 2.33. The Balaban J connectivity index is 1.73. The molecule has 0 aliphatic heterocycles. The number of nitrogens with one attached hydrogen (secondary N) is 1. The summed E-state index contributed by atoms with van der Waals surface area (Å²) < 4.78 is 47.6. The first-order valence-corrected chi connectivity index (χ1v) is 14.1. The summed E-state index contributed by atoms with van der Waals surface area (Å²) in [5.74, 6) is 0.341. The van der Waals surface area contributed by atoms with Crippen molar-refractivity contribution >= 4 is 45.0 Å². The smallest absolute Gasteiger partial charge is 0.264 e. The SMILES string of the molecule is COc1ccc(C)cc1N(CC(=O)NCCSCc1c(F)cccc1Cl)S(=O)(=O)c1ccc(C)cc1. The molecule has 0 bridgehead atoms. The van der Waals surface area contributed by atoms with Crippen LogP contribution in [0.25, 0.3) is 0 Å². The Morgan fingerprint density at radius 3 is 2.44 bits per heavy atom. The molecule has 3 rings (SSSR count). The highest BCUT2D eigenvalue weighted by Gasteiger charge is 2.29. The van der Waals surface area contributed by atoms with Crippen molar-refractivity contribution in [3.63, 3.8) is 0 Å². The standard InChI is InChI=1S/C26H28ClFN2O4S2/c1-18-7-10-20(11-8-18)36(32,33)30(24-15-19(2)9-12-25(24)34-3)16-26(31)29-13-14-35-17-21-22(27)5-4-6-23(21)28/h4-12,15H,13-14,16-17H2,1-3H3,(H,29,31). The van der Waals surface area contributed by atoms with E-state index in [2.05, 4.69) is 5.32 Å². The van der Waals surface area contributed by atoms with Gasteiger partial charge in [-0.15, -0.1) is 0 Å². The van der Waals surface area contributed by atoms with Crippen LogP contribution in [-0.4, -0.2) is 40.3 Å². The van der Waals surface area contributed by atoms with Gasteiger partial charge in [-0.05, 0) is 55.8 Å². The molecule has 0 heterocycles. The molecule has 0 fully saturated rings. The number of hydrogen-bond acceptors (Lipinski definition) is 5. The molecular weight excluding hydrogens is 523 g/mol. The third-order valence-electron chi connectivity index (χ3n) is 5.38. The maximum absolute atomic E-state index is 13.9. The number of benzene rings is 3. The number of anilines is 1. The van der Waals surface area contributed by atoms with Crippen LogP contribution in [0.3, 0.4) is 0 Å².